The van der Waals surface area contributed by atoms with Crippen LogP contribution in [0.4, 0.5) is 0 Å². The number of nitrogens with one attached hydrogen (secondary N) is 2. The molecule has 1 heterocycles. The second kappa shape index (κ2) is 11.4. The number of carbonyl (C=O) groups is 4. The highest BCUT2D eigenvalue weighted by Crippen LogP contribution is 2.21. The summed E-state index contributed by atoms with van der Waals surface area (Å²) < 4.78 is 15.3. The van der Waals surface area contributed by atoms with Gasteiger partial charge in [-0.15, -0.1) is 0 Å². The summed E-state index contributed by atoms with van der Waals surface area (Å²) in [7, 11) is 0.138. The molecule has 1 aliphatic rings. The largest absolute Gasteiger partial charge is 0.552 e. The molecule has 168 valence electrons. The number of halogens is 2. The molecule has 1 fully saturated rings. The summed E-state index contributed by atoms with van der Waals surface area (Å²) in [5, 5.41) is 5.69. The quantitative estimate of drug-likeness (QED) is 0.415. The van der Waals surface area contributed by atoms with Crippen molar-refractivity contribution < 1.29 is 33.2 Å². The Labute approximate surface area is 190 Å². The lowest BCUT2D eigenvalue weighted by Crippen LogP contribution is -2.50. The van der Waals surface area contributed by atoms with Gasteiger partial charge in [0, 0.05) is 5.02 Å². The number of benzene rings is 1. The first-order chi connectivity index (χ1) is 14.6. The summed E-state index contributed by atoms with van der Waals surface area (Å²) in [4.78, 5) is 48.1. The van der Waals surface area contributed by atoms with Crippen molar-refractivity contribution in [2.45, 2.75) is 38.7 Å². The van der Waals surface area contributed by atoms with Crippen LogP contribution >= 0.6 is 23.2 Å². The number of rotatable bonds is 9. The SMILES string of the molecule is COC(=O)C[C@@H]1OB([C@H](CC(C)C)NC(=O)CNC(=O)c2cc(Cl)ccc2Cl)OC1=O. The van der Waals surface area contributed by atoms with Crippen LogP contribution < -0.4 is 10.6 Å². The molecule has 0 radical (unpaired) electrons. The number of hydrogen-bond donors (Lipinski definition) is 2. The van der Waals surface area contributed by atoms with Gasteiger partial charge in [0.25, 0.3) is 5.91 Å². The van der Waals surface area contributed by atoms with E-state index in [2.05, 4.69) is 15.4 Å². The molecule has 12 heteroatoms. The molecule has 0 unspecified atom stereocenters. The highest BCUT2D eigenvalue weighted by Gasteiger charge is 2.46. The summed E-state index contributed by atoms with van der Waals surface area (Å²) in [6.07, 6.45) is -0.957. The van der Waals surface area contributed by atoms with Crippen LogP contribution in [0.2, 0.25) is 10.0 Å². The van der Waals surface area contributed by atoms with Crippen LogP contribution in [0, 0.1) is 5.92 Å². The molecule has 0 saturated carbocycles. The minimum absolute atomic E-state index is 0.132. The topological polar surface area (TPSA) is 120 Å². The van der Waals surface area contributed by atoms with Gasteiger partial charge in [0.15, 0.2) is 6.10 Å². The first-order valence-electron chi connectivity index (χ1n) is 9.56. The smallest absolute Gasteiger partial charge is 0.506 e. The molecule has 2 N–H and O–H groups in total. The molecule has 9 nitrogen and oxygen atoms in total. The zero-order valence-corrected chi connectivity index (χ0v) is 18.8. The molecular weight excluding hydrogens is 450 g/mol. The Morgan fingerprint density at radius 3 is 2.61 bits per heavy atom. The monoisotopic (exact) mass is 472 g/mol. The van der Waals surface area contributed by atoms with E-state index in [4.69, 9.17) is 32.5 Å². The predicted molar refractivity (Wildman–Crippen MR) is 114 cm³/mol. The number of hydrogen-bond acceptors (Lipinski definition) is 7. The maximum absolute atomic E-state index is 12.4. The Morgan fingerprint density at radius 1 is 1.26 bits per heavy atom. The van der Waals surface area contributed by atoms with Gasteiger partial charge in [0.05, 0.1) is 36.6 Å². The van der Waals surface area contributed by atoms with Crippen molar-refractivity contribution >= 4 is 54.1 Å². The zero-order valence-electron chi connectivity index (χ0n) is 17.3. The van der Waals surface area contributed by atoms with Gasteiger partial charge in [-0.05, 0) is 30.5 Å². The molecule has 2 amide bonds. The minimum Gasteiger partial charge on any atom is -0.506 e. The summed E-state index contributed by atoms with van der Waals surface area (Å²) in [5.41, 5.74) is 0.138. The molecular formula is C19H23BCl2N2O7. The van der Waals surface area contributed by atoms with Gasteiger partial charge in [-0.2, -0.15) is 0 Å². The van der Waals surface area contributed by atoms with Crippen LogP contribution in [-0.2, 0) is 28.4 Å². The number of amides is 2. The summed E-state index contributed by atoms with van der Waals surface area (Å²) in [5.74, 6) is -2.95. The fourth-order valence-corrected chi connectivity index (χ4v) is 3.29. The van der Waals surface area contributed by atoms with E-state index < -0.39 is 42.9 Å². The lowest BCUT2D eigenvalue weighted by molar-refractivity contribution is -0.147. The second-order valence-corrected chi connectivity index (χ2v) is 8.16. The summed E-state index contributed by atoms with van der Waals surface area (Å²) in [6, 6.07) is 4.42. The number of esters is 1. The maximum atomic E-state index is 12.4. The molecule has 2 rings (SSSR count). The van der Waals surface area contributed by atoms with Gasteiger partial charge < -0.3 is 24.7 Å². The van der Waals surface area contributed by atoms with Gasteiger partial charge in [0.2, 0.25) is 5.91 Å². The third-order valence-electron chi connectivity index (χ3n) is 4.36. The van der Waals surface area contributed by atoms with Crippen molar-refractivity contribution in [2.75, 3.05) is 13.7 Å². The third-order valence-corrected chi connectivity index (χ3v) is 4.92. The van der Waals surface area contributed by atoms with Crippen molar-refractivity contribution in [1.29, 1.82) is 0 Å². The molecule has 2 atom stereocenters. The van der Waals surface area contributed by atoms with E-state index in [0.717, 1.165) is 0 Å². The van der Waals surface area contributed by atoms with E-state index >= 15 is 0 Å². The molecule has 1 aromatic carbocycles. The van der Waals surface area contributed by atoms with Crippen LogP contribution in [0.15, 0.2) is 18.2 Å². The standard InChI is InChI=1S/C19H23BCl2N2O7/c1-10(2)6-15(20-30-14(19(28)31-20)8-17(26)29-3)24-16(25)9-23-18(27)12-7-11(21)4-5-13(12)22/h4-5,7,10,14-15H,6,8-9H2,1-3H3,(H,23,27)(H,24,25)/t14-,15-/m0/s1. The Morgan fingerprint density at radius 2 is 1.97 bits per heavy atom. The van der Waals surface area contributed by atoms with E-state index in [0.29, 0.717) is 11.4 Å². The average Bonchev–Trinajstić information content (AvgIpc) is 3.07. The van der Waals surface area contributed by atoms with Gasteiger partial charge >= 0.3 is 19.1 Å². The average molecular weight is 473 g/mol. The van der Waals surface area contributed by atoms with Gasteiger partial charge in [-0.3, -0.25) is 19.2 Å². The Balaban J connectivity index is 1.96. The fraction of sp³-hybridized carbons (Fsp3) is 0.474. The van der Waals surface area contributed by atoms with E-state index in [1.165, 1.54) is 19.2 Å². The van der Waals surface area contributed by atoms with Crippen LogP contribution in [-0.4, -0.2) is 56.6 Å². The normalized spacial score (nSPS) is 16.6. The molecule has 1 aromatic rings. The first kappa shape index (κ1) is 25.0. The van der Waals surface area contributed by atoms with Crippen molar-refractivity contribution in [3.8, 4) is 0 Å². The van der Waals surface area contributed by atoms with E-state index in [1.807, 2.05) is 13.8 Å². The van der Waals surface area contributed by atoms with Gasteiger partial charge in [-0.25, -0.2) is 0 Å². The highest BCUT2D eigenvalue weighted by molar-refractivity contribution is 6.51. The van der Waals surface area contributed by atoms with Crippen molar-refractivity contribution in [1.82, 2.24) is 10.6 Å². The van der Waals surface area contributed by atoms with Crippen LogP contribution in [0.25, 0.3) is 0 Å². The lowest BCUT2D eigenvalue weighted by Gasteiger charge is -2.21. The Kier molecular flexibility index (Phi) is 9.15. The fourth-order valence-electron chi connectivity index (χ4n) is 2.91. The third kappa shape index (κ3) is 7.41. The molecule has 0 aromatic heterocycles. The summed E-state index contributed by atoms with van der Waals surface area (Å²) >= 11 is 11.9. The summed E-state index contributed by atoms with van der Waals surface area (Å²) in [6.45, 7) is 3.50. The Hall–Kier alpha value is -2.30. The molecule has 0 aliphatic carbocycles. The van der Waals surface area contributed by atoms with Crippen molar-refractivity contribution in [3.05, 3.63) is 33.8 Å². The first-order valence-corrected chi connectivity index (χ1v) is 10.3. The molecule has 0 bridgehead atoms. The molecule has 0 spiro atoms. The zero-order chi connectivity index (χ0) is 23.1. The van der Waals surface area contributed by atoms with E-state index in [1.54, 1.807) is 6.07 Å². The van der Waals surface area contributed by atoms with E-state index in [-0.39, 0.29) is 29.5 Å². The number of carbonyl (C=O) groups excluding carboxylic acids is 4. The minimum atomic E-state index is -1.10. The Bertz CT molecular complexity index is 853. The van der Waals surface area contributed by atoms with Crippen molar-refractivity contribution in [2.24, 2.45) is 5.92 Å². The number of ether oxygens (including phenoxy) is 1. The van der Waals surface area contributed by atoms with Gasteiger partial charge in [0.1, 0.15) is 0 Å². The predicted octanol–water partition coefficient (Wildman–Crippen LogP) is 1.79. The van der Waals surface area contributed by atoms with Gasteiger partial charge in [-0.1, -0.05) is 37.0 Å². The van der Waals surface area contributed by atoms with Crippen LogP contribution in [0.5, 0.6) is 0 Å². The second-order valence-electron chi connectivity index (χ2n) is 7.32. The molecule has 1 aliphatic heterocycles. The van der Waals surface area contributed by atoms with Crippen LogP contribution in [0.3, 0.4) is 0 Å². The lowest BCUT2D eigenvalue weighted by atomic mass is 9.74. The van der Waals surface area contributed by atoms with Crippen LogP contribution in [0.1, 0.15) is 37.0 Å². The maximum Gasteiger partial charge on any atom is 0.552 e. The van der Waals surface area contributed by atoms with Crippen molar-refractivity contribution in [3.63, 3.8) is 0 Å². The van der Waals surface area contributed by atoms with E-state index in [9.17, 15) is 19.2 Å². The molecule has 31 heavy (non-hydrogen) atoms. The molecule has 1 saturated heterocycles. The number of methoxy groups -OCH3 is 1. The highest BCUT2D eigenvalue weighted by atomic mass is 35.5.